The average Bonchev–Trinajstić information content (AvgIpc) is 2.83. The second-order valence-electron chi connectivity index (χ2n) is 4.19. The zero-order chi connectivity index (χ0) is 12.6. The van der Waals surface area contributed by atoms with Gasteiger partial charge in [-0.2, -0.15) is 5.10 Å². The van der Waals surface area contributed by atoms with Gasteiger partial charge in [-0.15, -0.1) is 11.3 Å². The Kier molecular flexibility index (Phi) is 3.51. The molecule has 2 aromatic rings. The minimum Gasteiger partial charge on any atom is -0.318 e. The number of nitrogens with two attached hydrogens (primary N) is 1. The molecule has 0 aliphatic heterocycles. The number of halogens is 1. The fraction of sp³-hybridized carbons (Fsp3) is 0.455. The van der Waals surface area contributed by atoms with E-state index in [0.717, 1.165) is 16.4 Å². The lowest BCUT2D eigenvalue weighted by molar-refractivity contribution is 0.498. The molecular formula is C11H15ClN4S. The molecule has 92 valence electrons. The van der Waals surface area contributed by atoms with Gasteiger partial charge in [0.15, 0.2) is 0 Å². The lowest BCUT2D eigenvalue weighted by Crippen LogP contribution is -2.19. The van der Waals surface area contributed by atoms with E-state index in [2.05, 4.69) is 10.1 Å². The Labute approximate surface area is 109 Å². The Morgan fingerprint density at radius 2 is 2.18 bits per heavy atom. The highest BCUT2D eigenvalue weighted by atomic mass is 35.5. The Bertz CT molecular complexity index is 517. The number of thiazole rings is 1. The van der Waals surface area contributed by atoms with Gasteiger partial charge in [0.25, 0.3) is 0 Å². The van der Waals surface area contributed by atoms with Crippen molar-refractivity contribution in [1.29, 1.82) is 0 Å². The van der Waals surface area contributed by atoms with Crippen molar-refractivity contribution in [2.24, 2.45) is 5.73 Å². The third-order valence-electron chi connectivity index (χ3n) is 2.53. The molecule has 0 saturated heterocycles. The molecule has 1 atom stereocenters. The number of nitrogens with zero attached hydrogens (tertiary/aromatic N) is 3. The second kappa shape index (κ2) is 4.76. The van der Waals surface area contributed by atoms with Crippen molar-refractivity contribution in [2.75, 3.05) is 0 Å². The van der Waals surface area contributed by atoms with Crippen molar-refractivity contribution >= 4 is 22.9 Å². The van der Waals surface area contributed by atoms with Crippen LogP contribution in [0.1, 0.15) is 42.3 Å². The van der Waals surface area contributed by atoms with Gasteiger partial charge in [0.2, 0.25) is 0 Å². The van der Waals surface area contributed by atoms with Crippen molar-refractivity contribution in [3.05, 3.63) is 33.0 Å². The van der Waals surface area contributed by atoms with Crippen LogP contribution in [0.4, 0.5) is 0 Å². The Morgan fingerprint density at radius 1 is 1.47 bits per heavy atom. The Balaban J connectivity index is 2.43. The molecule has 0 aliphatic carbocycles. The van der Waals surface area contributed by atoms with Crippen LogP contribution in [0.2, 0.25) is 5.02 Å². The average molecular weight is 271 g/mol. The summed E-state index contributed by atoms with van der Waals surface area (Å²) in [5.41, 5.74) is 7.88. The minimum atomic E-state index is -0.322. The molecule has 0 saturated carbocycles. The Morgan fingerprint density at radius 3 is 2.71 bits per heavy atom. The zero-order valence-electron chi connectivity index (χ0n) is 10.0. The first kappa shape index (κ1) is 12.5. The quantitative estimate of drug-likeness (QED) is 0.933. The van der Waals surface area contributed by atoms with Crippen LogP contribution in [0.15, 0.2) is 11.6 Å². The molecule has 0 fully saturated rings. The number of hydrogen-bond acceptors (Lipinski definition) is 4. The van der Waals surface area contributed by atoms with E-state index in [4.69, 9.17) is 17.3 Å². The van der Waals surface area contributed by atoms with E-state index in [0.29, 0.717) is 5.02 Å². The summed E-state index contributed by atoms with van der Waals surface area (Å²) in [6, 6.07) is -0.0966. The molecular weight excluding hydrogens is 256 g/mol. The summed E-state index contributed by atoms with van der Waals surface area (Å²) in [6.07, 6.45) is 1.63. The SMILES string of the molecule is Cc1nc(C(N)c2c(Cl)cnn2C(C)C)cs1. The van der Waals surface area contributed by atoms with Crippen molar-refractivity contribution < 1.29 is 0 Å². The van der Waals surface area contributed by atoms with Crippen LogP contribution in [-0.2, 0) is 0 Å². The summed E-state index contributed by atoms with van der Waals surface area (Å²) in [4.78, 5) is 4.40. The van der Waals surface area contributed by atoms with Gasteiger partial charge in [-0.3, -0.25) is 4.68 Å². The van der Waals surface area contributed by atoms with Crippen LogP contribution in [0.3, 0.4) is 0 Å². The molecule has 0 amide bonds. The van der Waals surface area contributed by atoms with E-state index >= 15 is 0 Å². The molecule has 2 N–H and O–H groups in total. The zero-order valence-corrected chi connectivity index (χ0v) is 11.6. The fourth-order valence-corrected chi connectivity index (χ4v) is 2.61. The topological polar surface area (TPSA) is 56.7 Å². The van der Waals surface area contributed by atoms with E-state index in [9.17, 15) is 0 Å². The molecule has 0 spiro atoms. The first-order chi connectivity index (χ1) is 8.00. The van der Waals surface area contributed by atoms with Crippen molar-refractivity contribution in [3.8, 4) is 0 Å². The molecule has 0 radical (unpaired) electrons. The van der Waals surface area contributed by atoms with Crippen LogP contribution < -0.4 is 5.73 Å². The summed E-state index contributed by atoms with van der Waals surface area (Å²) in [6.45, 7) is 6.06. The van der Waals surface area contributed by atoms with Crippen LogP contribution in [0.5, 0.6) is 0 Å². The highest BCUT2D eigenvalue weighted by Crippen LogP contribution is 2.28. The van der Waals surface area contributed by atoms with Gasteiger partial charge < -0.3 is 5.73 Å². The maximum atomic E-state index is 6.21. The summed E-state index contributed by atoms with van der Waals surface area (Å²) in [5.74, 6) is 0. The fourth-order valence-electron chi connectivity index (χ4n) is 1.72. The summed E-state index contributed by atoms with van der Waals surface area (Å²) in [5, 5.41) is 7.81. The molecule has 4 nitrogen and oxygen atoms in total. The van der Waals surface area contributed by atoms with Crippen LogP contribution in [-0.4, -0.2) is 14.8 Å². The highest BCUT2D eigenvalue weighted by Gasteiger charge is 2.21. The molecule has 0 aliphatic rings. The van der Waals surface area contributed by atoms with Gasteiger partial charge in [-0.05, 0) is 20.8 Å². The highest BCUT2D eigenvalue weighted by molar-refractivity contribution is 7.09. The first-order valence-corrected chi connectivity index (χ1v) is 6.67. The third kappa shape index (κ3) is 2.36. The van der Waals surface area contributed by atoms with Gasteiger partial charge in [0.05, 0.1) is 33.7 Å². The largest absolute Gasteiger partial charge is 0.318 e. The molecule has 0 bridgehead atoms. The normalized spacial score (nSPS) is 13.3. The van der Waals surface area contributed by atoms with E-state index in [1.54, 1.807) is 17.5 Å². The molecule has 17 heavy (non-hydrogen) atoms. The number of aromatic nitrogens is 3. The lowest BCUT2D eigenvalue weighted by Gasteiger charge is -2.15. The maximum absolute atomic E-state index is 6.21. The maximum Gasteiger partial charge on any atom is 0.0921 e. The molecule has 2 aromatic heterocycles. The van der Waals surface area contributed by atoms with Gasteiger partial charge in [-0.1, -0.05) is 11.6 Å². The smallest absolute Gasteiger partial charge is 0.0921 e. The number of hydrogen-bond donors (Lipinski definition) is 1. The van der Waals surface area contributed by atoms with Crippen molar-refractivity contribution in [1.82, 2.24) is 14.8 Å². The van der Waals surface area contributed by atoms with E-state index in [-0.39, 0.29) is 12.1 Å². The second-order valence-corrected chi connectivity index (χ2v) is 5.65. The van der Waals surface area contributed by atoms with E-state index < -0.39 is 0 Å². The van der Waals surface area contributed by atoms with Crippen molar-refractivity contribution in [2.45, 2.75) is 32.9 Å². The first-order valence-electron chi connectivity index (χ1n) is 5.41. The predicted molar refractivity (Wildman–Crippen MR) is 70.5 cm³/mol. The Hall–Kier alpha value is -0.910. The summed E-state index contributed by atoms with van der Waals surface area (Å²) >= 11 is 7.74. The van der Waals surface area contributed by atoms with Gasteiger partial charge in [-0.25, -0.2) is 4.98 Å². The molecule has 2 heterocycles. The van der Waals surface area contributed by atoms with Gasteiger partial charge in [0.1, 0.15) is 0 Å². The summed E-state index contributed by atoms with van der Waals surface area (Å²) < 4.78 is 1.85. The monoisotopic (exact) mass is 270 g/mol. The molecule has 1 unspecified atom stereocenters. The molecule has 2 rings (SSSR count). The standard InChI is InChI=1S/C11H15ClN4S/c1-6(2)16-11(8(12)4-14-16)10(13)9-5-17-7(3)15-9/h4-6,10H,13H2,1-3H3. The minimum absolute atomic E-state index is 0.225. The number of aryl methyl sites for hydroxylation is 1. The van der Waals surface area contributed by atoms with Gasteiger partial charge >= 0.3 is 0 Å². The number of rotatable bonds is 3. The molecule has 6 heteroatoms. The van der Waals surface area contributed by atoms with Crippen LogP contribution in [0.25, 0.3) is 0 Å². The van der Waals surface area contributed by atoms with Crippen LogP contribution in [0, 0.1) is 6.92 Å². The summed E-state index contributed by atoms with van der Waals surface area (Å²) in [7, 11) is 0. The van der Waals surface area contributed by atoms with Gasteiger partial charge in [0, 0.05) is 11.4 Å². The third-order valence-corrected chi connectivity index (χ3v) is 3.61. The van der Waals surface area contributed by atoms with E-state index in [1.807, 2.05) is 30.8 Å². The van der Waals surface area contributed by atoms with E-state index in [1.165, 1.54) is 0 Å². The lowest BCUT2D eigenvalue weighted by atomic mass is 10.1. The predicted octanol–water partition coefficient (Wildman–Crippen LogP) is 2.93. The van der Waals surface area contributed by atoms with Crippen LogP contribution >= 0.6 is 22.9 Å². The van der Waals surface area contributed by atoms with Crippen molar-refractivity contribution in [3.63, 3.8) is 0 Å². The molecule has 0 aromatic carbocycles.